The number of carbonyl (C=O) groups is 1. The maximum atomic E-state index is 13.2. The Bertz CT molecular complexity index is 980. The summed E-state index contributed by atoms with van der Waals surface area (Å²) in [6, 6.07) is 12.6. The number of carbonyl (C=O) groups excluding carboxylic acids is 1. The molecule has 5 rings (SSSR count). The van der Waals surface area contributed by atoms with Crippen molar-refractivity contribution in [3.05, 3.63) is 63.9 Å². The zero-order valence-electron chi connectivity index (χ0n) is 13.7. The highest BCUT2D eigenvalue weighted by Gasteiger charge is 2.40. The van der Waals surface area contributed by atoms with Crippen LogP contribution in [-0.4, -0.2) is 33.4 Å². The molecular formula is C20H18BrN3O. The van der Waals surface area contributed by atoms with Crippen LogP contribution in [-0.2, 0) is 6.42 Å². The van der Waals surface area contributed by atoms with Crippen LogP contribution in [0.1, 0.15) is 40.2 Å². The van der Waals surface area contributed by atoms with Crippen LogP contribution in [0.2, 0.25) is 0 Å². The number of nitrogens with zero attached hydrogens (tertiary/aromatic N) is 2. The van der Waals surface area contributed by atoms with Crippen molar-refractivity contribution in [2.75, 3.05) is 6.54 Å². The first-order valence-corrected chi connectivity index (χ1v) is 9.52. The molecule has 0 spiro atoms. The summed E-state index contributed by atoms with van der Waals surface area (Å²) in [4.78, 5) is 22.6. The van der Waals surface area contributed by atoms with Crippen molar-refractivity contribution in [3.8, 4) is 0 Å². The van der Waals surface area contributed by atoms with Gasteiger partial charge in [-0.1, -0.05) is 22.0 Å². The average molecular weight is 396 g/mol. The minimum atomic E-state index is 0.137. The summed E-state index contributed by atoms with van der Waals surface area (Å²) in [6.45, 7) is 0.843. The minimum absolute atomic E-state index is 0.137. The number of hydrogen-bond acceptors (Lipinski definition) is 2. The predicted octanol–water partition coefficient (Wildman–Crippen LogP) is 4.27. The lowest BCUT2D eigenvalue weighted by Crippen LogP contribution is -2.46. The molecule has 1 aliphatic carbocycles. The number of nitrogens with one attached hydrogen (secondary N) is 1. The molecule has 2 atom stereocenters. The zero-order chi connectivity index (χ0) is 17.0. The van der Waals surface area contributed by atoms with Gasteiger partial charge in [-0.05, 0) is 60.7 Å². The van der Waals surface area contributed by atoms with Gasteiger partial charge in [0.25, 0.3) is 5.91 Å². The summed E-state index contributed by atoms with van der Waals surface area (Å²) >= 11 is 3.59. The van der Waals surface area contributed by atoms with Crippen LogP contribution >= 0.6 is 15.9 Å². The third-order valence-corrected chi connectivity index (χ3v) is 6.14. The monoisotopic (exact) mass is 395 g/mol. The summed E-state index contributed by atoms with van der Waals surface area (Å²) in [7, 11) is 0. The number of H-pyrrole nitrogens is 1. The summed E-state index contributed by atoms with van der Waals surface area (Å²) < 4.78 is 1.13. The minimum Gasteiger partial charge on any atom is -0.345 e. The number of piperidine rings is 1. The lowest BCUT2D eigenvalue weighted by atomic mass is 9.88. The van der Waals surface area contributed by atoms with Crippen LogP contribution in [0, 0.1) is 0 Å². The quantitative estimate of drug-likeness (QED) is 0.668. The lowest BCUT2D eigenvalue weighted by molar-refractivity contribution is 0.0595. The first kappa shape index (κ1) is 15.1. The molecule has 1 saturated heterocycles. The summed E-state index contributed by atoms with van der Waals surface area (Å²) in [6.07, 6.45) is 4.86. The molecule has 0 bridgehead atoms. The Balaban J connectivity index is 1.48. The number of imidazole rings is 1. The molecule has 2 heterocycles. The van der Waals surface area contributed by atoms with Crippen molar-refractivity contribution in [2.24, 2.45) is 0 Å². The van der Waals surface area contributed by atoms with Gasteiger partial charge in [-0.2, -0.15) is 0 Å². The molecule has 1 aromatic heterocycles. The van der Waals surface area contributed by atoms with Crippen LogP contribution in [0.15, 0.2) is 47.2 Å². The van der Waals surface area contributed by atoms with Crippen LogP contribution in [0.5, 0.6) is 0 Å². The number of benzene rings is 2. The fourth-order valence-electron chi connectivity index (χ4n) is 4.48. The Labute approximate surface area is 154 Å². The van der Waals surface area contributed by atoms with Gasteiger partial charge >= 0.3 is 0 Å². The van der Waals surface area contributed by atoms with E-state index < -0.39 is 0 Å². The van der Waals surface area contributed by atoms with Gasteiger partial charge in [0.2, 0.25) is 0 Å². The predicted molar refractivity (Wildman–Crippen MR) is 101 cm³/mol. The Morgan fingerprint density at radius 2 is 2.16 bits per heavy atom. The Morgan fingerprint density at radius 3 is 3.08 bits per heavy atom. The summed E-state index contributed by atoms with van der Waals surface area (Å²) in [5.41, 5.74) is 5.36. The summed E-state index contributed by atoms with van der Waals surface area (Å²) in [5, 5.41) is 0. The lowest BCUT2D eigenvalue weighted by Gasteiger charge is -2.38. The van der Waals surface area contributed by atoms with E-state index in [1.165, 1.54) is 11.1 Å². The van der Waals surface area contributed by atoms with Crippen LogP contribution in [0.3, 0.4) is 0 Å². The number of hydrogen-bond donors (Lipinski definition) is 1. The zero-order valence-corrected chi connectivity index (χ0v) is 15.3. The van der Waals surface area contributed by atoms with E-state index >= 15 is 0 Å². The first-order chi connectivity index (χ1) is 12.2. The SMILES string of the molecule is O=C(c1ccc2nc[nH]c2c1)N1CCC[C@@H]2c3cc(Br)ccc3C[C@@H]21. The van der Waals surface area contributed by atoms with E-state index in [1.54, 1.807) is 6.33 Å². The highest BCUT2D eigenvalue weighted by atomic mass is 79.9. The second-order valence-corrected chi connectivity index (χ2v) is 7.91. The Kier molecular flexibility index (Phi) is 3.45. The third kappa shape index (κ3) is 2.41. The number of amides is 1. The molecule has 1 fully saturated rings. The number of likely N-dealkylation sites (tertiary alicyclic amines) is 1. The van der Waals surface area contributed by atoms with Crippen molar-refractivity contribution in [1.82, 2.24) is 14.9 Å². The van der Waals surface area contributed by atoms with E-state index in [4.69, 9.17) is 0 Å². The third-order valence-electron chi connectivity index (χ3n) is 5.64. The molecule has 1 N–H and O–H groups in total. The molecule has 4 nitrogen and oxygen atoms in total. The molecule has 5 heteroatoms. The van der Waals surface area contributed by atoms with Crippen molar-refractivity contribution < 1.29 is 4.79 Å². The van der Waals surface area contributed by atoms with Crippen LogP contribution in [0.25, 0.3) is 11.0 Å². The molecule has 1 amide bonds. The number of aromatic nitrogens is 2. The van der Waals surface area contributed by atoms with E-state index in [0.29, 0.717) is 5.92 Å². The highest BCUT2D eigenvalue weighted by molar-refractivity contribution is 9.10. The molecule has 0 unspecified atom stereocenters. The first-order valence-electron chi connectivity index (χ1n) is 8.73. The number of fused-ring (bicyclic) bond motifs is 4. The van der Waals surface area contributed by atoms with Gasteiger partial charge < -0.3 is 9.88 Å². The van der Waals surface area contributed by atoms with Gasteiger partial charge in [0.1, 0.15) is 0 Å². The molecule has 126 valence electrons. The second kappa shape index (κ2) is 5.70. The average Bonchev–Trinajstić information content (AvgIpc) is 3.24. The molecule has 0 radical (unpaired) electrons. The maximum Gasteiger partial charge on any atom is 0.254 e. The van der Waals surface area contributed by atoms with Gasteiger partial charge in [-0.25, -0.2) is 4.98 Å². The van der Waals surface area contributed by atoms with E-state index in [2.05, 4.69) is 49.0 Å². The van der Waals surface area contributed by atoms with E-state index in [1.807, 2.05) is 18.2 Å². The van der Waals surface area contributed by atoms with E-state index in [-0.39, 0.29) is 11.9 Å². The standard InChI is InChI=1S/C20H18BrN3O/c21-14-5-3-12-9-19-15(16(12)10-14)2-1-7-24(19)20(25)13-4-6-17-18(8-13)23-11-22-17/h3-6,8,10-11,15,19H,1-2,7,9H2,(H,22,23)/t15-,19+/m1/s1. The Morgan fingerprint density at radius 1 is 1.24 bits per heavy atom. The highest BCUT2D eigenvalue weighted by Crippen LogP contribution is 2.43. The molecule has 25 heavy (non-hydrogen) atoms. The van der Waals surface area contributed by atoms with Crippen LogP contribution < -0.4 is 0 Å². The number of halogens is 1. The normalized spacial score (nSPS) is 22.0. The van der Waals surface area contributed by atoms with Crippen molar-refractivity contribution in [1.29, 1.82) is 0 Å². The van der Waals surface area contributed by atoms with Crippen LogP contribution in [0.4, 0.5) is 0 Å². The van der Waals surface area contributed by atoms with Gasteiger partial charge in [0.15, 0.2) is 0 Å². The smallest absolute Gasteiger partial charge is 0.254 e. The van der Waals surface area contributed by atoms with Crippen molar-refractivity contribution in [2.45, 2.75) is 31.2 Å². The van der Waals surface area contributed by atoms with Gasteiger partial charge in [0, 0.05) is 28.5 Å². The molecule has 1 aliphatic heterocycles. The molecule has 0 saturated carbocycles. The Hall–Kier alpha value is -2.14. The molecule has 2 aromatic carbocycles. The fourth-order valence-corrected chi connectivity index (χ4v) is 4.86. The number of rotatable bonds is 1. The maximum absolute atomic E-state index is 13.2. The molecular weight excluding hydrogens is 378 g/mol. The van der Waals surface area contributed by atoms with Gasteiger partial charge in [0.05, 0.1) is 17.4 Å². The fraction of sp³-hybridized carbons (Fsp3) is 0.300. The number of aromatic amines is 1. The molecule has 3 aromatic rings. The topological polar surface area (TPSA) is 49.0 Å². The van der Waals surface area contributed by atoms with Gasteiger partial charge in [-0.15, -0.1) is 0 Å². The van der Waals surface area contributed by atoms with Crippen molar-refractivity contribution in [3.63, 3.8) is 0 Å². The van der Waals surface area contributed by atoms with E-state index in [9.17, 15) is 4.79 Å². The molecule has 2 aliphatic rings. The second-order valence-electron chi connectivity index (χ2n) is 7.00. The largest absolute Gasteiger partial charge is 0.345 e. The summed E-state index contributed by atoms with van der Waals surface area (Å²) in [5.74, 6) is 0.596. The van der Waals surface area contributed by atoms with E-state index in [0.717, 1.165) is 46.9 Å². The van der Waals surface area contributed by atoms with Crippen molar-refractivity contribution >= 4 is 32.9 Å². The van der Waals surface area contributed by atoms with Gasteiger partial charge in [-0.3, -0.25) is 4.79 Å².